The minimum absolute atomic E-state index is 0.0926. The third kappa shape index (κ3) is 2.39. The number of hydrogen-bond donors (Lipinski definition) is 0. The van der Waals surface area contributed by atoms with E-state index in [4.69, 9.17) is 7.85 Å². The molecule has 0 N–H and O–H groups in total. The molecule has 3 nitrogen and oxygen atoms in total. The maximum atomic E-state index is 11.0. The molecular weight excluding hydrogens is 129 g/mol. The van der Waals surface area contributed by atoms with Crippen LogP contribution in [-0.4, -0.2) is 33.0 Å². The van der Waals surface area contributed by atoms with Crippen molar-refractivity contribution in [3.8, 4) is 0 Å². The summed E-state index contributed by atoms with van der Waals surface area (Å²) in [7, 11) is 8.27. The Labute approximate surface area is 62.7 Å². The van der Waals surface area contributed by atoms with Gasteiger partial charge in [0, 0.05) is 13.0 Å². The average Bonchev–Trinajstić information content (AvgIpc) is 2.00. The number of amides is 1. The standard InChI is InChI=1S/C6H12BNO2/c1-5(4-7)6(9)8(2)10-3/h5H,4H2,1-3H3. The van der Waals surface area contributed by atoms with Gasteiger partial charge in [-0.3, -0.25) is 9.63 Å². The van der Waals surface area contributed by atoms with Crippen molar-refractivity contribution in [2.75, 3.05) is 14.2 Å². The minimum atomic E-state index is -0.162. The van der Waals surface area contributed by atoms with Crippen LogP contribution in [0.2, 0.25) is 6.32 Å². The third-order valence-corrected chi connectivity index (χ3v) is 1.36. The first-order valence-electron chi connectivity index (χ1n) is 3.15. The smallest absolute Gasteiger partial charge is 0.247 e. The summed E-state index contributed by atoms with van der Waals surface area (Å²) in [6.07, 6.45) is 0.354. The average molecular weight is 141 g/mol. The van der Waals surface area contributed by atoms with Crippen molar-refractivity contribution in [3.05, 3.63) is 0 Å². The Morgan fingerprint density at radius 2 is 2.30 bits per heavy atom. The Balaban J connectivity index is 3.82. The Bertz CT molecular complexity index is 106. The Kier molecular flexibility index (Phi) is 4.11. The predicted molar refractivity (Wildman–Crippen MR) is 39.5 cm³/mol. The van der Waals surface area contributed by atoms with Gasteiger partial charge in [0.05, 0.1) is 15.0 Å². The van der Waals surface area contributed by atoms with Gasteiger partial charge < -0.3 is 0 Å². The maximum Gasteiger partial charge on any atom is 0.247 e. The summed E-state index contributed by atoms with van der Waals surface area (Å²) >= 11 is 0. The lowest BCUT2D eigenvalue weighted by molar-refractivity contribution is -0.172. The summed E-state index contributed by atoms with van der Waals surface area (Å²) in [6.45, 7) is 1.76. The van der Waals surface area contributed by atoms with Crippen molar-refractivity contribution < 1.29 is 9.63 Å². The van der Waals surface area contributed by atoms with Gasteiger partial charge >= 0.3 is 0 Å². The first-order chi connectivity index (χ1) is 4.63. The molecule has 0 aromatic heterocycles. The van der Waals surface area contributed by atoms with Gasteiger partial charge in [-0.15, -0.1) is 0 Å². The zero-order valence-electron chi connectivity index (χ0n) is 6.63. The van der Waals surface area contributed by atoms with Gasteiger partial charge in [0.1, 0.15) is 0 Å². The molecule has 0 rings (SSSR count). The van der Waals surface area contributed by atoms with Crippen molar-refractivity contribution in [1.82, 2.24) is 5.06 Å². The second-order valence-corrected chi connectivity index (χ2v) is 2.16. The quantitative estimate of drug-likeness (QED) is 0.415. The van der Waals surface area contributed by atoms with E-state index in [0.717, 1.165) is 0 Å². The topological polar surface area (TPSA) is 29.5 Å². The lowest BCUT2D eigenvalue weighted by atomic mass is 9.92. The second kappa shape index (κ2) is 4.33. The molecule has 0 fully saturated rings. The maximum absolute atomic E-state index is 11.0. The van der Waals surface area contributed by atoms with Gasteiger partial charge in [0.25, 0.3) is 0 Å². The van der Waals surface area contributed by atoms with Crippen LogP contribution in [0.25, 0.3) is 0 Å². The van der Waals surface area contributed by atoms with Crippen LogP contribution in [0, 0.1) is 5.92 Å². The molecule has 0 aliphatic heterocycles. The van der Waals surface area contributed by atoms with Crippen LogP contribution >= 0.6 is 0 Å². The summed E-state index contributed by atoms with van der Waals surface area (Å²) in [4.78, 5) is 15.7. The molecule has 0 aromatic rings. The third-order valence-electron chi connectivity index (χ3n) is 1.36. The van der Waals surface area contributed by atoms with Crippen LogP contribution < -0.4 is 0 Å². The minimum Gasteiger partial charge on any atom is -0.275 e. The van der Waals surface area contributed by atoms with Crippen molar-refractivity contribution in [3.63, 3.8) is 0 Å². The Morgan fingerprint density at radius 3 is 2.60 bits per heavy atom. The van der Waals surface area contributed by atoms with Crippen molar-refractivity contribution in [2.45, 2.75) is 13.2 Å². The first-order valence-corrected chi connectivity index (χ1v) is 3.15. The second-order valence-electron chi connectivity index (χ2n) is 2.16. The summed E-state index contributed by atoms with van der Waals surface area (Å²) in [6, 6.07) is 0. The molecular formula is C6H12BNO2. The van der Waals surface area contributed by atoms with Gasteiger partial charge in [0.15, 0.2) is 0 Å². The van der Waals surface area contributed by atoms with Crippen LogP contribution in [0.3, 0.4) is 0 Å². The van der Waals surface area contributed by atoms with E-state index in [-0.39, 0.29) is 11.8 Å². The summed E-state index contributed by atoms with van der Waals surface area (Å²) in [5.41, 5.74) is 0. The number of rotatable bonds is 3. The highest BCUT2D eigenvalue weighted by molar-refractivity contribution is 6.10. The molecule has 1 unspecified atom stereocenters. The number of carbonyl (C=O) groups is 1. The van der Waals surface area contributed by atoms with E-state index in [1.165, 1.54) is 12.2 Å². The van der Waals surface area contributed by atoms with Crippen LogP contribution in [0.1, 0.15) is 6.92 Å². The van der Waals surface area contributed by atoms with E-state index in [0.29, 0.717) is 6.32 Å². The van der Waals surface area contributed by atoms with E-state index in [1.54, 1.807) is 14.0 Å². The highest BCUT2D eigenvalue weighted by atomic mass is 16.7. The van der Waals surface area contributed by atoms with Crippen LogP contribution in [0.4, 0.5) is 0 Å². The molecule has 0 aliphatic rings. The van der Waals surface area contributed by atoms with Crippen LogP contribution in [-0.2, 0) is 9.63 Å². The van der Waals surface area contributed by atoms with Gasteiger partial charge in [0.2, 0.25) is 5.91 Å². The largest absolute Gasteiger partial charge is 0.275 e. The molecule has 0 saturated carbocycles. The monoisotopic (exact) mass is 141 g/mol. The van der Waals surface area contributed by atoms with E-state index in [1.807, 2.05) is 0 Å². The lowest BCUT2D eigenvalue weighted by Gasteiger charge is -2.17. The Hall–Kier alpha value is -0.505. The number of hydroxylamine groups is 2. The molecule has 0 saturated heterocycles. The molecule has 0 aliphatic carbocycles. The fourth-order valence-electron chi connectivity index (χ4n) is 0.501. The van der Waals surface area contributed by atoms with Crippen molar-refractivity contribution >= 4 is 13.8 Å². The van der Waals surface area contributed by atoms with Gasteiger partial charge in [-0.2, -0.15) is 0 Å². The Morgan fingerprint density at radius 1 is 1.80 bits per heavy atom. The van der Waals surface area contributed by atoms with E-state index in [9.17, 15) is 4.79 Å². The molecule has 0 aromatic carbocycles. The molecule has 0 heterocycles. The number of carbonyl (C=O) groups excluding carboxylic acids is 1. The SMILES string of the molecule is [B]CC(C)C(=O)N(C)OC. The highest BCUT2D eigenvalue weighted by Gasteiger charge is 2.14. The van der Waals surface area contributed by atoms with E-state index in [2.05, 4.69) is 4.84 Å². The van der Waals surface area contributed by atoms with E-state index < -0.39 is 0 Å². The number of nitrogens with zero attached hydrogens (tertiary/aromatic N) is 1. The molecule has 10 heavy (non-hydrogen) atoms. The normalized spacial score (nSPS) is 12.7. The lowest BCUT2D eigenvalue weighted by Crippen LogP contribution is -2.30. The van der Waals surface area contributed by atoms with Crippen LogP contribution in [0.15, 0.2) is 0 Å². The molecule has 2 radical (unpaired) electrons. The summed E-state index contributed by atoms with van der Waals surface area (Å²) < 4.78 is 0. The molecule has 4 heteroatoms. The molecule has 1 atom stereocenters. The van der Waals surface area contributed by atoms with Gasteiger partial charge in [-0.25, -0.2) is 5.06 Å². The predicted octanol–water partition coefficient (Wildman–Crippen LogP) is 0.229. The van der Waals surface area contributed by atoms with E-state index >= 15 is 0 Å². The summed E-state index contributed by atoms with van der Waals surface area (Å²) in [5, 5.41) is 1.18. The van der Waals surface area contributed by atoms with Gasteiger partial charge in [-0.05, 0) is 0 Å². The molecule has 1 amide bonds. The zero-order valence-corrected chi connectivity index (χ0v) is 6.63. The molecule has 0 bridgehead atoms. The zero-order chi connectivity index (χ0) is 8.15. The van der Waals surface area contributed by atoms with Gasteiger partial charge in [-0.1, -0.05) is 13.2 Å². The van der Waals surface area contributed by atoms with Crippen LogP contribution in [0.5, 0.6) is 0 Å². The highest BCUT2D eigenvalue weighted by Crippen LogP contribution is 2.03. The number of hydrogen-bond acceptors (Lipinski definition) is 2. The fourth-order valence-corrected chi connectivity index (χ4v) is 0.501. The molecule has 0 spiro atoms. The molecule has 56 valence electrons. The summed E-state index contributed by atoms with van der Waals surface area (Å²) in [5.74, 6) is -0.255. The van der Waals surface area contributed by atoms with Crippen molar-refractivity contribution in [1.29, 1.82) is 0 Å². The van der Waals surface area contributed by atoms with Crippen molar-refractivity contribution in [2.24, 2.45) is 5.92 Å². The first kappa shape index (κ1) is 9.49. The fraction of sp³-hybridized carbons (Fsp3) is 0.833.